The van der Waals surface area contributed by atoms with Crippen molar-refractivity contribution in [2.24, 2.45) is 0 Å². The first kappa shape index (κ1) is 22.8. The number of carbonyl (C=O) groups excluding carboxylic acids is 3. The normalized spacial score (nSPS) is 15.1. The Balaban J connectivity index is 1.93. The quantitative estimate of drug-likeness (QED) is 0.787. The molecule has 2 heterocycles. The maximum absolute atomic E-state index is 12.6. The van der Waals surface area contributed by atoms with Gasteiger partial charge in [0, 0.05) is 38.4 Å². The first-order valence-electron chi connectivity index (χ1n) is 10.4. The number of nitrogens with one attached hydrogen (secondary N) is 1. The van der Waals surface area contributed by atoms with Crippen LogP contribution in [0.5, 0.6) is 0 Å². The molecule has 8 nitrogen and oxygen atoms in total. The van der Waals surface area contributed by atoms with Crippen molar-refractivity contribution in [3.8, 4) is 0 Å². The predicted molar refractivity (Wildman–Crippen MR) is 111 cm³/mol. The largest absolute Gasteiger partial charge is 0.444 e. The van der Waals surface area contributed by atoms with Crippen LogP contribution in [-0.4, -0.2) is 70.6 Å². The molecule has 0 aromatic carbocycles. The highest BCUT2D eigenvalue weighted by atomic mass is 16.6. The van der Waals surface area contributed by atoms with Crippen LogP contribution in [0, 0.1) is 0 Å². The Labute approximate surface area is 173 Å². The minimum Gasteiger partial charge on any atom is -0.444 e. The molecule has 8 heteroatoms. The molecule has 1 fully saturated rings. The van der Waals surface area contributed by atoms with Crippen LogP contribution in [0.25, 0.3) is 0 Å². The molecule has 162 valence electrons. The van der Waals surface area contributed by atoms with Crippen molar-refractivity contribution >= 4 is 17.9 Å². The molecule has 1 aliphatic rings. The highest BCUT2D eigenvalue weighted by molar-refractivity contribution is 5.95. The van der Waals surface area contributed by atoms with Crippen molar-refractivity contribution in [3.63, 3.8) is 0 Å². The fourth-order valence-electron chi connectivity index (χ4n) is 3.49. The third-order valence-corrected chi connectivity index (χ3v) is 5.04. The Hall–Kier alpha value is -2.51. The number of hydrogen-bond donors (Lipinski definition) is 1. The first-order chi connectivity index (χ1) is 13.7. The van der Waals surface area contributed by atoms with Crippen LogP contribution in [0.2, 0.25) is 0 Å². The van der Waals surface area contributed by atoms with E-state index >= 15 is 0 Å². The molecule has 1 aliphatic heterocycles. The molecule has 0 aliphatic carbocycles. The number of likely N-dealkylation sites (N-methyl/N-ethyl adjacent to an activating group) is 1. The molecule has 0 saturated carbocycles. The lowest BCUT2D eigenvalue weighted by Crippen LogP contribution is -2.43. The van der Waals surface area contributed by atoms with Crippen LogP contribution in [0.1, 0.15) is 64.0 Å². The van der Waals surface area contributed by atoms with Crippen molar-refractivity contribution in [3.05, 3.63) is 24.0 Å². The molecule has 0 bridgehead atoms. The van der Waals surface area contributed by atoms with E-state index in [1.54, 1.807) is 15.9 Å². The van der Waals surface area contributed by atoms with Gasteiger partial charge in [0.1, 0.15) is 11.3 Å². The lowest BCUT2D eigenvalue weighted by atomic mass is 10.0. The van der Waals surface area contributed by atoms with Gasteiger partial charge >= 0.3 is 6.09 Å². The van der Waals surface area contributed by atoms with Crippen molar-refractivity contribution in [1.29, 1.82) is 0 Å². The molecule has 2 rings (SSSR count). The van der Waals surface area contributed by atoms with E-state index in [-0.39, 0.29) is 30.5 Å². The topological polar surface area (TPSA) is 83.9 Å². The van der Waals surface area contributed by atoms with Gasteiger partial charge in [-0.05, 0) is 59.6 Å². The number of amides is 3. The van der Waals surface area contributed by atoms with Crippen LogP contribution in [0.15, 0.2) is 18.3 Å². The second kappa shape index (κ2) is 9.80. The lowest BCUT2D eigenvalue weighted by molar-refractivity contribution is -0.129. The Morgan fingerprint density at radius 3 is 2.34 bits per heavy atom. The number of carbonyl (C=O) groups is 3. The van der Waals surface area contributed by atoms with Gasteiger partial charge in [-0.1, -0.05) is 0 Å². The van der Waals surface area contributed by atoms with Crippen molar-refractivity contribution in [2.75, 3.05) is 32.7 Å². The summed E-state index contributed by atoms with van der Waals surface area (Å²) in [5.41, 5.74) is 0.0235. The molecule has 0 radical (unpaired) electrons. The fourth-order valence-corrected chi connectivity index (χ4v) is 3.49. The fraction of sp³-hybridized carbons (Fsp3) is 0.667. The van der Waals surface area contributed by atoms with E-state index in [4.69, 9.17) is 4.74 Å². The Morgan fingerprint density at radius 1 is 1.17 bits per heavy atom. The molecular formula is C21H34N4O4. The Bertz CT molecular complexity index is 711. The highest BCUT2D eigenvalue weighted by Crippen LogP contribution is 2.25. The summed E-state index contributed by atoms with van der Waals surface area (Å²) in [6, 6.07) is 3.72. The second-order valence-electron chi connectivity index (χ2n) is 8.25. The minimum absolute atomic E-state index is 0.0111. The maximum atomic E-state index is 12.6. The molecule has 0 unspecified atom stereocenters. The van der Waals surface area contributed by atoms with Gasteiger partial charge in [0.25, 0.3) is 5.91 Å². The summed E-state index contributed by atoms with van der Waals surface area (Å²) in [5.74, 6) is -0.350. The van der Waals surface area contributed by atoms with E-state index < -0.39 is 5.60 Å². The second-order valence-corrected chi connectivity index (χ2v) is 8.25. The average Bonchev–Trinajstić information content (AvgIpc) is 3.15. The lowest BCUT2D eigenvalue weighted by Gasteiger charge is -2.34. The average molecular weight is 407 g/mol. The number of aromatic nitrogens is 1. The van der Waals surface area contributed by atoms with Crippen LogP contribution in [0.3, 0.4) is 0 Å². The van der Waals surface area contributed by atoms with Gasteiger partial charge in [-0.25, -0.2) is 4.79 Å². The molecule has 1 aromatic heterocycles. The number of ether oxygens (including phenoxy) is 1. The van der Waals surface area contributed by atoms with Crippen LogP contribution < -0.4 is 5.32 Å². The number of nitrogens with zero attached hydrogens (tertiary/aromatic N) is 3. The summed E-state index contributed by atoms with van der Waals surface area (Å²) in [5, 5.41) is 2.73. The summed E-state index contributed by atoms with van der Waals surface area (Å²) >= 11 is 0. The van der Waals surface area contributed by atoms with E-state index in [0.717, 1.165) is 12.8 Å². The van der Waals surface area contributed by atoms with E-state index in [0.29, 0.717) is 31.9 Å². The van der Waals surface area contributed by atoms with Gasteiger partial charge in [0.2, 0.25) is 5.91 Å². The smallest absolute Gasteiger partial charge is 0.410 e. The zero-order valence-electron chi connectivity index (χ0n) is 18.2. The summed E-state index contributed by atoms with van der Waals surface area (Å²) in [4.78, 5) is 40.4. The summed E-state index contributed by atoms with van der Waals surface area (Å²) < 4.78 is 7.39. The number of likely N-dealkylation sites (tertiary alicyclic amines) is 1. The molecule has 0 spiro atoms. The first-order valence-corrected chi connectivity index (χ1v) is 10.4. The number of piperidine rings is 1. The van der Waals surface area contributed by atoms with Gasteiger partial charge in [-0.2, -0.15) is 0 Å². The van der Waals surface area contributed by atoms with E-state index in [9.17, 15) is 14.4 Å². The zero-order valence-corrected chi connectivity index (χ0v) is 18.2. The van der Waals surface area contributed by atoms with E-state index in [1.807, 2.05) is 51.4 Å². The van der Waals surface area contributed by atoms with Crippen LogP contribution >= 0.6 is 0 Å². The zero-order chi connectivity index (χ0) is 21.6. The van der Waals surface area contributed by atoms with Crippen molar-refractivity contribution < 1.29 is 19.1 Å². The Morgan fingerprint density at radius 2 is 1.79 bits per heavy atom. The summed E-state index contributed by atoms with van der Waals surface area (Å²) in [6.07, 6.45) is 3.07. The standard InChI is InChI=1S/C21H34N4O4/c1-6-23(7-2)18(26)15-22-19(27)17-9-8-12-25(17)16-10-13-24(14-11-16)20(28)29-21(3,4)5/h8-9,12,16H,6-7,10-11,13-15H2,1-5H3,(H,22,27). The van der Waals surface area contributed by atoms with Crippen molar-refractivity contribution in [1.82, 2.24) is 19.7 Å². The number of rotatable bonds is 6. The third kappa shape index (κ3) is 6.24. The SMILES string of the molecule is CCN(CC)C(=O)CNC(=O)c1cccn1C1CCN(C(=O)OC(C)(C)C)CC1. The van der Waals surface area contributed by atoms with Gasteiger partial charge in [-0.15, -0.1) is 0 Å². The van der Waals surface area contributed by atoms with Gasteiger partial charge in [-0.3, -0.25) is 9.59 Å². The van der Waals surface area contributed by atoms with Gasteiger partial charge in [0.05, 0.1) is 6.54 Å². The maximum Gasteiger partial charge on any atom is 0.410 e. The molecule has 1 saturated heterocycles. The molecule has 1 N–H and O–H groups in total. The molecule has 0 atom stereocenters. The van der Waals surface area contributed by atoms with Crippen molar-refractivity contribution in [2.45, 2.75) is 59.1 Å². The molecule has 3 amide bonds. The van der Waals surface area contributed by atoms with Gasteiger partial charge < -0.3 is 24.4 Å². The highest BCUT2D eigenvalue weighted by Gasteiger charge is 2.28. The minimum atomic E-state index is -0.512. The predicted octanol–water partition coefficient (Wildman–Crippen LogP) is 2.66. The van der Waals surface area contributed by atoms with Gasteiger partial charge in [0.15, 0.2) is 0 Å². The Kier molecular flexibility index (Phi) is 7.70. The molecular weight excluding hydrogens is 372 g/mol. The molecule has 29 heavy (non-hydrogen) atoms. The summed E-state index contributed by atoms with van der Waals surface area (Å²) in [7, 11) is 0. The van der Waals surface area contributed by atoms with Crippen LogP contribution in [0.4, 0.5) is 4.79 Å². The monoisotopic (exact) mass is 406 g/mol. The molecule has 1 aromatic rings. The number of hydrogen-bond acceptors (Lipinski definition) is 4. The summed E-state index contributed by atoms with van der Waals surface area (Å²) in [6.45, 7) is 11.8. The van der Waals surface area contributed by atoms with Crippen LogP contribution in [-0.2, 0) is 9.53 Å². The third-order valence-electron chi connectivity index (χ3n) is 5.04. The van der Waals surface area contributed by atoms with E-state index in [2.05, 4.69) is 5.32 Å². The van der Waals surface area contributed by atoms with E-state index in [1.165, 1.54) is 0 Å².